The third kappa shape index (κ3) is 6.26. The topological polar surface area (TPSA) is 145 Å². The lowest BCUT2D eigenvalue weighted by molar-refractivity contribution is -0.114. The fraction of sp³-hybridized carbons (Fsp3) is 0.273. The maximum Gasteiger partial charge on any atom is 0.234 e. The molecule has 0 aliphatic rings. The fourth-order valence-corrected chi connectivity index (χ4v) is 4.73. The second-order valence-electron chi connectivity index (χ2n) is 7.90. The van der Waals surface area contributed by atoms with E-state index in [4.69, 9.17) is 0 Å². The SMILES string of the molecule is Cc1cc(NC(=O)CSc2nnnn2C)ccc1-c1ccc(NC(=O)CSc2nnnn2C)cc1C. The molecule has 0 aliphatic heterocycles. The molecule has 4 aromatic rings. The first-order valence-corrected chi connectivity index (χ1v) is 12.8. The maximum atomic E-state index is 12.3. The summed E-state index contributed by atoms with van der Waals surface area (Å²) in [6.45, 7) is 4.00. The van der Waals surface area contributed by atoms with E-state index in [2.05, 4.69) is 41.7 Å². The molecule has 2 amide bonds. The van der Waals surface area contributed by atoms with Gasteiger partial charge in [0.1, 0.15) is 0 Å². The zero-order valence-electron chi connectivity index (χ0n) is 20.1. The number of benzene rings is 2. The van der Waals surface area contributed by atoms with Crippen molar-refractivity contribution in [1.82, 2.24) is 40.4 Å². The summed E-state index contributed by atoms with van der Waals surface area (Å²) in [6, 6.07) is 11.6. The number of hydrogen-bond donors (Lipinski definition) is 2. The van der Waals surface area contributed by atoms with Crippen LogP contribution in [0.1, 0.15) is 11.1 Å². The molecule has 0 unspecified atom stereocenters. The largest absolute Gasteiger partial charge is 0.325 e. The Balaban J connectivity index is 1.36. The van der Waals surface area contributed by atoms with Crippen LogP contribution in [0.3, 0.4) is 0 Å². The highest BCUT2D eigenvalue weighted by atomic mass is 32.2. The highest BCUT2D eigenvalue weighted by Gasteiger charge is 2.12. The van der Waals surface area contributed by atoms with Crippen LogP contribution < -0.4 is 10.6 Å². The Hall–Kier alpha value is -3.78. The molecular weight excluding hydrogens is 500 g/mol. The summed E-state index contributed by atoms with van der Waals surface area (Å²) in [5.41, 5.74) is 5.57. The Morgan fingerprint density at radius 1 is 0.750 bits per heavy atom. The van der Waals surface area contributed by atoms with Crippen LogP contribution in [0.25, 0.3) is 11.1 Å². The number of tetrazole rings is 2. The third-order valence-electron chi connectivity index (χ3n) is 5.14. The maximum absolute atomic E-state index is 12.3. The molecule has 0 saturated heterocycles. The van der Waals surface area contributed by atoms with Crippen LogP contribution in [0.2, 0.25) is 0 Å². The molecule has 2 aromatic heterocycles. The van der Waals surface area contributed by atoms with Crippen molar-refractivity contribution < 1.29 is 9.59 Å². The fourth-order valence-electron chi connectivity index (χ4n) is 3.43. The molecule has 36 heavy (non-hydrogen) atoms. The van der Waals surface area contributed by atoms with Gasteiger partial charge in [0, 0.05) is 25.5 Å². The average Bonchev–Trinajstić information content (AvgIpc) is 3.44. The molecule has 12 nitrogen and oxygen atoms in total. The quantitative estimate of drug-likeness (QED) is 0.313. The molecule has 186 valence electrons. The predicted octanol–water partition coefficient (Wildman–Crippen LogP) is 2.48. The Morgan fingerprint density at radius 3 is 1.50 bits per heavy atom. The van der Waals surface area contributed by atoms with Crippen molar-refractivity contribution in [3.05, 3.63) is 47.5 Å². The molecule has 0 fully saturated rings. The van der Waals surface area contributed by atoms with Crippen molar-refractivity contribution in [2.45, 2.75) is 24.2 Å². The molecule has 0 aliphatic carbocycles. The van der Waals surface area contributed by atoms with Crippen LogP contribution in [-0.2, 0) is 23.7 Å². The van der Waals surface area contributed by atoms with Crippen molar-refractivity contribution >= 4 is 46.7 Å². The van der Waals surface area contributed by atoms with Crippen LogP contribution >= 0.6 is 23.5 Å². The molecule has 2 heterocycles. The van der Waals surface area contributed by atoms with Gasteiger partial charge in [-0.15, -0.1) is 10.2 Å². The standard InChI is InChI=1S/C22H24N10O2S2/c1-13-9-15(23-19(33)11-35-21-25-27-29-31(21)3)5-7-17(13)18-8-6-16(10-14(18)2)24-20(34)12-36-22-26-28-30-32(22)4/h5-10H,11-12H2,1-4H3,(H,23,33)(H,24,34). The summed E-state index contributed by atoms with van der Waals surface area (Å²) >= 11 is 2.54. The van der Waals surface area contributed by atoms with Gasteiger partial charge in [-0.25, -0.2) is 9.36 Å². The Bertz CT molecular complexity index is 1300. The number of aryl methyl sites for hydroxylation is 4. The average molecular weight is 525 g/mol. The van der Waals surface area contributed by atoms with Crippen molar-refractivity contribution in [1.29, 1.82) is 0 Å². The van der Waals surface area contributed by atoms with Crippen molar-refractivity contribution in [3.63, 3.8) is 0 Å². The molecular formula is C22H24N10O2S2. The zero-order valence-corrected chi connectivity index (χ0v) is 21.7. The van der Waals surface area contributed by atoms with Crippen molar-refractivity contribution in [3.8, 4) is 11.1 Å². The van der Waals surface area contributed by atoms with E-state index in [9.17, 15) is 9.59 Å². The van der Waals surface area contributed by atoms with Crippen molar-refractivity contribution in [2.75, 3.05) is 22.1 Å². The lowest BCUT2D eigenvalue weighted by Crippen LogP contribution is -2.15. The van der Waals surface area contributed by atoms with Gasteiger partial charge in [-0.1, -0.05) is 35.7 Å². The second kappa shape index (κ2) is 11.3. The lowest BCUT2D eigenvalue weighted by Gasteiger charge is -2.14. The first-order valence-electron chi connectivity index (χ1n) is 10.8. The van der Waals surface area contributed by atoms with Crippen LogP contribution in [0.5, 0.6) is 0 Å². The number of aromatic nitrogens is 8. The number of carbonyl (C=O) groups is 2. The number of thioether (sulfide) groups is 2. The Labute approximate surface area is 215 Å². The number of anilines is 2. The molecule has 0 bridgehead atoms. The third-order valence-corrected chi connectivity index (χ3v) is 7.16. The number of nitrogens with one attached hydrogen (secondary N) is 2. The summed E-state index contributed by atoms with van der Waals surface area (Å²) in [5, 5.41) is 29.3. The molecule has 2 N–H and O–H groups in total. The minimum atomic E-state index is -0.139. The molecule has 2 aromatic carbocycles. The van der Waals surface area contributed by atoms with Gasteiger partial charge in [-0.05, 0) is 81.2 Å². The number of amides is 2. The van der Waals surface area contributed by atoms with E-state index in [1.54, 1.807) is 14.1 Å². The van der Waals surface area contributed by atoms with E-state index < -0.39 is 0 Å². The van der Waals surface area contributed by atoms with Gasteiger partial charge in [-0.2, -0.15) is 0 Å². The van der Waals surface area contributed by atoms with E-state index in [-0.39, 0.29) is 23.3 Å². The summed E-state index contributed by atoms with van der Waals surface area (Å²) in [7, 11) is 3.45. The Kier molecular flexibility index (Phi) is 7.95. The van der Waals surface area contributed by atoms with Crippen LogP contribution in [0, 0.1) is 13.8 Å². The minimum Gasteiger partial charge on any atom is -0.325 e. The summed E-state index contributed by atoms with van der Waals surface area (Å²) in [5.74, 6) is 0.130. The number of hydrogen-bond acceptors (Lipinski definition) is 10. The van der Waals surface area contributed by atoms with E-state index in [1.807, 2.05) is 50.2 Å². The number of rotatable bonds is 9. The van der Waals surface area contributed by atoms with Gasteiger partial charge in [0.2, 0.25) is 22.1 Å². The minimum absolute atomic E-state index is 0.139. The van der Waals surface area contributed by atoms with Gasteiger partial charge >= 0.3 is 0 Å². The zero-order chi connectivity index (χ0) is 25.7. The van der Waals surface area contributed by atoms with Crippen LogP contribution in [-0.4, -0.2) is 63.7 Å². The van der Waals surface area contributed by atoms with E-state index in [0.717, 1.165) is 33.6 Å². The molecule has 0 spiro atoms. The van der Waals surface area contributed by atoms with Crippen molar-refractivity contribution in [2.24, 2.45) is 14.1 Å². The normalized spacial score (nSPS) is 10.9. The highest BCUT2D eigenvalue weighted by molar-refractivity contribution is 8.00. The second-order valence-corrected chi connectivity index (χ2v) is 9.79. The highest BCUT2D eigenvalue weighted by Crippen LogP contribution is 2.30. The van der Waals surface area contributed by atoms with Gasteiger partial charge in [0.15, 0.2) is 0 Å². The number of carbonyl (C=O) groups excluding carboxylic acids is 2. The summed E-state index contributed by atoms with van der Waals surface area (Å²) < 4.78 is 3.04. The predicted molar refractivity (Wildman–Crippen MR) is 138 cm³/mol. The molecule has 0 atom stereocenters. The summed E-state index contributed by atoms with van der Waals surface area (Å²) in [6.07, 6.45) is 0. The summed E-state index contributed by atoms with van der Waals surface area (Å²) in [4.78, 5) is 24.7. The van der Waals surface area contributed by atoms with E-state index in [1.165, 1.54) is 32.9 Å². The van der Waals surface area contributed by atoms with E-state index >= 15 is 0 Å². The van der Waals surface area contributed by atoms with Gasteiger partial charge in [0.25, 0.3) is 0 Å². The monoisotopic (exact) mass is 524 g/mol. The van der Waals surface area contributed by atoms with Crippen LogP contribution in [0.4, 0.5) is 11.4 Å². The van der Waals surface area contributed by atoms with Gasteiger partial charge in [-0.3, -0.25) is 9.59 Å². The molecule has 0 saturated carbocycles. The molecule has 14 heteroatoms. The van der Waals surface area contributed by atoms with Gasteiger partial charge in [0.05, 0.1) is 11.5 Å². The first kappa shape index (κ1) is 25.3. The van der Waals surface area contributed by atoms with Gasteiger partial charge < -0.3 is 10.6 Å². The first-order chi connectivity index (χ1) is 17.3. The van der Waals surface area contributed by atoms with E-state index in [0.29, 0.717) is 10.3 Å². The molecule has 4 rings (SSSR count). The van der Waals surface area contributed by atoms with Crippen LogP contribution in [0.15, 0.2) is 46.7 Å². The smallest absolute Gasteiger partial charge is 0.234 e. The Morgan fingerprint density at radius 2 is 1.17 bits per heavy atom. The number of nitrogens with zero attached hydrogens (tertiary/aromatic N) is 8. The lowest BCUT2D eigenvalue weighted by atomic mass is 9.96. The molecule has 0 radical (unpaired) electrons.